The van der Waals surface area contributed by atoms with Crippen LogP contribution in [0.1, 0.15) is 23.2 Å². The fourth-order valence-corrected chi connectivity index (χ4v) is 3.03. The van der Waals surface area contributed by atoms with Crippen molar-refractivity contribution in [3.05, 3.63) is 54.4 Å². The number of amides is 4. The Kier molecular flexibility index (Phi) is 6.05. The van der Waals surface area contributed by atoms with Gasteiger partial charge in [-0.25, -0.2) is 10.2 Å². The third-order valence-electron chi connectivity index (χ3n) is 4.38. The molecule has 28 heavy (non-hydrogen) atoms. The van der Waals surface area contributed by atoms with Crippen LogP contribution in [0.25, 0.3) is 0 Å². The predicted octanol–water partition coefficient (Wildman–Crippen LogP) is 1.55. The van der Waals surface area contributed by atoms with Gasteiger partial charge in [0.05, 0.1) is 24.6 Å². The van der Waals surface area contributed by atoms with Gasteiger partial charge >= 0.3 is 6.03 Å². The van der Waals surface area contributed by atoms with E-state index in [-0.39, 0.29) is 11.5 Å². The van der Waals surface area contributed by atoms with Crippen molar-refractivity contribution in [1.29, 1.82) is 0 Å². The number of hydrogen-bond donors (Lipinski definition) is 3. The lowest BCUT2D eigenvalue weighted by molar-refractivity contribution is -0.119. The summed E-state index contributed by atoms with van der Waals surface area (Å²) in [6.07, 6.45) is 4.37. The maximum Gasteiger partial charge on any atom is 0.336 e. The monoisotopic (exact) mass is 383 g/mol. The van der Waals surface area contributed by atoms with Crippen molar-refractivity contribution in [3.8, 4) is 5.75 Å². The Hall–Kier alpha value is -3.62. The molecule has 9 heteroatoms. The van der Waals surface area contributed by atoms with E-state index in [1.807, 2.05) is 0 Å². The molecule has 1 saturated heterocycles. The Balaban J connectivity index is 1.58. The van der Waals surface area contributed by atoms with Crippen LogP contribution in [0.2, 0.25) is 0 Å². The van der Waals surface area contributed by atoms with Crippen molar-refractivity contribution in [3.63, 3.8) is 0 Å². The third kappa shape index (κ3) is 4.37. The summed E-state index contributed by atoms with van der Waals surface area (Å²) in [7, 11) is 1.46. The van der Waals surface area contributed by atoms with Crippen molar-refractivity contribution in [2.24, 2.45) is 0 Å². The van der Waals surface area contributed by atoms with Crippen LogP contribution in [0.5, 0.6) is 5.75 Å². The number of nitrogens with one attached hydrogen (secondary N) is 3. The van der Waals surface area contributed by atoms with Crippen LogP contribution in [0.4, 0.5) is 10.5 Å². The van der Waals surface area contributed by atoms with Gasteiger partial charge in [-0.15, -0.1) is 0 Å². The lowest BCUT2D eigenvalue weighted by Crippen LogP contribution is -2.52. The van der Waals surface area contributed by atoms with Gasteiger partial charge in [-0.2, -0.15) is 0 Å². The largest absolute Gasteiger partial charge is 0.496 e. The molecule has 4 amide bonds. The van der Waals surface area contributed by atoms with Gasteiger partial charge in [0.1, 0.15) is 11.8 Å². The van der Waals surface area contributed by atoms with Gasteiger partial charge in [-0.1, -0.05) is 12.1 Å². The molecule has 0 bridgehead atoms. The molecule has 1 aliphatic rings. The fraction of sp³-hybridized carbons (Fsp3) is 0.263. The molecule has 1 unspecified atom stereocenters. The molecule has 3 N–H and O–H groups in total. The number of hydrogen-bond acceptors (Lipinski definition) is 5. The number of ether oxygens (including phenoxy) is 1. The second-order valence-electron chi connectivity index (χ2n) is 6.17. The van der Waals surface area contributed by atoms with Crippen LogP contribution in [0, 0.1) is 0 Å². The van der Waals surface area contributed by atoms with Gasteiger partial charge < -0.3 is 15.0 Å². The molecule has 0 radical (unpaired) electrons. The van der Waals surface area contributed by atoms with E-state index < -0.39 is 18.0 Å². The van der Waals surface area contributed by atoms with Gasteiger partial charge in [0.2, 0.25) is 5.91 Å². The van der Waals surface area contributed by atoms with Crippen molar-refractivity contribution < 1.29 is 19.1 Å². The molecule has 0 spiro atoms. The van der Waals surface area contributed by atoms with Crippen molar-refractivity contribution in [2.75, 3.05) is 19.0 Å². The van der Waals surface area contributed by atoms with Gasteiger partial charge in [-0.3, -0.25) is 20.0 Å². The molecular weight excluding hydrogens is 362 g/mol. The minimum atomic E-state index is -0.622. The summed E-state index contributed by atoms with van der Waals surface area (Å²) in [4.78, 5) is 42.6. The first kappa shape index (κ1) is 19.2. The molecule has 3 rings (SSSR count). The average Bonchev–Trinajstić information content (AvgIpc) is 3.22. The Labute approximate surface area is 162 Å². The highest BCUT2D eigenvalue weighted by Gasteiger charge is 2.34. The van der Waals surface area contributed by atoms with Crippen LogP contribution in [-0.4, -0.2) is 47.4 Å². The Bertz CT molecular complexity index is 858. The summed E-state index contributed by atoms with van der Waals surface area (Å²) < 4.78 is 5.14. The topological polar surface area (TPSA) is 113 Å². The molecule has 146 valence electrons. The maximum absolute atomic E-state index is 12.5. The van der Waals surface area contributed by atoms with E-state index >= 15 is 0 Å². The number of hydrazine groups is 1. The SMILES string of the molecule is COc1ccccc1C(=O)NNC(=O)N1CCCC1C(=O)Nc1cccnc1. The first-order valence-electron chi connectivity index (χ1n) is 8.81. The summed E-state index contributed by atoms with van der Waals surface area (Å²) in [5, 5.41) is 2.75. The van der Waals surface area contributed by atoms with E-state index in [1.54, 1.807) is 42.6 Å². The minimum absolute atomic E-state index is 0.289. The van der Waals surface area contributed by atoms with Crippen LogP contribution < -0.4 is 20.9 Å². The number of anilines is 1. The number of urea groups is 1. The smallest absolute Gasteiger partial charge is 0.336 e. The molecule has 2 aromatic rings. The van der Waals surface area contributed by atoms with Gasteiger partial charge in [0.15, 0.2) is 0 Å². The zero-order valence-electron chi connectivity index (χ0n) is 15.3. The number of methoxy groups -OCH3 is 1. The fourth-order valence-electron chi connectivity index (χ4n) is 3.03. The molecule has 0 aliphatic carbocycles. The van der Waals surface area contributed by atoms with E-state index in [0.717, 1.165) is 0 Å². The highest BCUT2D eigenvalue weighted by atomic mass is 16.5. The molecule has 1 aliphatic heterocycles. The van der Waals surface area contributed by atoms with Crippen LogP contribution in [0.15, 0.2) is 48.8 Å². The molecule has 1 fully saturated rings. The lowest BCUT2D eigenvalue weighted by atomic mass is 10.2. The normalized spacial score (nSPS) is 15.6. The number of aromatic nitrogens is 1. The van der Waals surface area contributed by atoms with Gasteiger partial charge in [-0.05, 0) is 37.1 Å². The quantitative estimate of drug-likeness (QED) is 0.694. The van der Waals surface area contributed by atoms with Gasteiger partial charge in [0.25, 0.3) is 5.91 Å². The molecule has 1 atom stereocenters. The number of carbonyl (C=O) groups is 3. The number of carbonyl (C=O) groups excluding carboxylic acids is 3. The Morgan fingerprint density at radius 1 is 1.14 bits per heavy atom. The third-order valence-corrected chi connectivity index (χ3v) is 4.38. The summed E-state index contributed by atoms with van der Waals surface area (Å²) in [5.74, 6) is -0.415. The van der Waals surface area contributed by atoms with E-state index in [1.165, 1.54) is 18.2 Å². The number of para-hydroxylation sites is 1. The Morgan fingerprint density at radius 2 is 1.96 bits per heavy atom. The first-order valence-corrected chi connectivity index (χ1v) is 8.81. The molecule has 2 heterocycles. The van der Waals surface area contributed by atoms with Gasteiger partial charge in [0, 0.05) is 12.7 Å². The van der Waals surface area contributed by atoms with Crippen LogP contribution in [0.3, 0.4) is 0 Å². The highest BCUT2D eigenvalue weighted by Crippen LogP contribution is 2.19. The number of nitrogens with zero attached hydrogens (tertiary/aromatic N) is 2. The first-order chi connectivity index (χ1) is 13.6. The van der Waals surface area contributed by atoms with E-state index in [4.69, 9.17) is 4.74 Å². The van der Waals surface area contributed by atoms with E-state index in [9.17, 15) is 14.4 Å². The van der Waals surface area contributed by atoms with E-state index in [2.05, 4.69) is 21.2 Å². The second-order valence-corrected chi connectivity index (χ2v) is 6.17. The standard InChI is InChI=1S/C19H21N5O4/c1-28-16-9-3-2-7-14(16)17(25)22-23-19(27)24-11-5-8-15(24)18(26)21-13-6-4-10-20-12-13/h2-4,6-7,9-10,12,15H,5,8,11H2,1H3,(H,21,26)(H,22,25)(H,23,27). The second kappa shape index (κ2) is 8.85. The zero-order chi connectivity index (χ0) is 19.9. The molecule has 0 saturated carbocycles. The molecule has 9 nitrogen and oxygen atoms in total. The van der Waals surface area contributed by atoms with Crippen molar-refractivity contribution >= 4 is 23.5 Å². The summed E-state index contributed by atoms with van der Waals surface area (Å²) >= 11 is 0. The summed E-state index contributed by atoms with van der Waals surface area (Å²) in [5.41, 5.74) is 5.57. The van der Waals surface area contributed by atoms with Crippen LogP contribution >= 0.6 is 0 Å². The van der Waals surface area contributed by atoms with Crippen molar-refractivity contribution in [2.45, 2.75) is 18.9 Å². The number of likely N-dealkylation sites (tertiary alicyclic amines) is 1. The van der Waals surface area contributed by atoms with E-state index in [0.29, 0.717) is 30.8 Å². The zero-order valence-corrected chi connectivity index (χ0v) is 15.3. The minimum Gasteiger partial charge on any atom is -0.496 e. The molecular formula is C19H21N5O4. The highest BCUT2D eigenvalue weighted by molar-refractivity contribution is 5.99. The van der Waals surface area contributed by atoms with Crippen LogP contribution in [-0.2, 0) is 4.79 Å². The lowest BCUT2D eigenvalue weighted by Gasteiger charge is -2.24. The average molecular weight is 383 g/mol. The maximum atomic E-state index is 12.5. The molecule has 1 aromatic carbocycles. The summed E-state index contributed by atoms with van der Waals surface area (Å²) in [6, 6.07) is 8.92. The van der Waals surface area contributed by atoms with Crippen molar-refractivity contribution in [1.82, 2.24) is 20.7 Å². The number of rotatable bonds is 4. The number of pyridine rings is 1. The Morgan fingerprint density at radius 3 is 2.71 bits per heavy atom. The molecule has 1 aromatic heterocycles. The predicted molar refractivity (Wildman–Crippen MR) is 102 cm³/mol. The summed E-state index contributed by atoms with van der Waals surface area (Å²) in [6.45, 7) is 0.418. The number of benzene rings is 1.